The summed E-state index contributed by atoms with van der Waals surface area (Å²) >= 11 is 0. The molecule has 0 bridgehead atoms. The third-order valence-corrected chi connectivity index (χ3v) is 4.35. The summed E-state index contributed by atoms with van der Waals surface area (Å²) in [4.78, 5) is 14.3. The molecule has 1 N–H and O–H groups in total. The normalized spacial score (nSPS) is 25.2. The van der Waals surface area contributed by atoms with Gasteiger partial charge in [0.1, 0.15) is 11.9 Å². The van der Waals surface area contributed by atoms with Gasteiger partial charge in [0.15, 0.2) is 0 Å². The highest BCUT2D eigenvalue weighted by Gasteiger charge is 2.23. The van der Waals surface area contributed by atoms with Gasteiger partial charge < -0.3 is 10.1 Å². The second-order valence-corrected chi connectivity index (χ2v) is 6.34. The van der Waals surface area contributed by atoms with Crippen molar-refractivity contribution in [2.75, 3.05) is 26.2 Å². The molecule has 0 spiro atoms. The van der Waals surface area contributed by atoms with Gasteiger partial charge in [0.2, 0.25) is 5.91 Å². The minimum absolute atomic E-state index is 0.0756. The fraction of sp³-hybridized carbons (Fsp3) is 0.588. The summed E-state index contributed by atoms with van der Waals surface area (Å²) in [6, 6.07) is 8.09. The second-order valence-electron chi connectivity index (χ2n) is 6.34. The molecule has 1 saturated heterocycles. The van der Waals surface area contributed by atoms with Crippen LogP contribution >= 0.6 is 0 Å². The average molecular weight is 288 g/mol. The maximum Gasteiger partial charge on any atom is 0.234 e. The predicted molar refractivity (Wildman–Crippen MR) is 82.4 cm³/mol. The Kier molecular flexibility index (Phi) is 4.44. The third kappa shape index (κ3) is 3.76. The van der Waals surface area contributed by atoms with Gasteiger partial charge in [-0.25, -0.2) is 0 Å². The van der Waals surface area contributed by atoms with Crippen molar-refractivity contribution in [1.29, 1.82) is 0 Å². The largest absolute Gasteiger partial charge is 0.488 e. The molecule has 0 aliphatic carbocycles. The Morgan fingerprint density at radius 2 is 2.29 bits per heavy atom. The van der Waals surface area contributed by atoms with E-state index in [1.54, 1.807) is 0 Å². The molecule has 114 valence electrons. The molecule has 4 nitrogen and oxygen atoms in total. The van der Waals surface area contributed by atoms with Crippen LogP contribution in [0.5, 0.6) is 5.75 Å². The van der Waals surface area contributed by atoms with Gasteiger partial charge in [-0.05, 0) is 36.9 Å². The summed E-state index contributed by atoms with van der Waals surface area (Å²) < 4.78 is 5.84. The molecule has 0 aromatic heterocycles. The lowest BCUT2D eigenvalue weighted by molar-refractivity contribution is -0.123. The van der Waals surface area contributed by atoms with E-state index in [0.29, 0.717) is 19.0 Å². The number of hydrogen-bond acceptors (Lipinski definition) is 3. The van der Waals surface area contributed by atoms with E-state index in [1.165, 1.54) is 18.4 Å². The molecule has 4 heteroatoms. The Morgan fingerprint density at radius 1 is 1.43 bits per heavy atom. The number of amides is 1. The number of piperidine rings is 1. The lowest BCUT2D eigenvalue weighted by atomic mass is 10.0. The number of nitrogens with one attached hydrogen (secondary N) is 1. The molecule has 3 rings (SSSR count). The van der Waals surface area contributed by atoms with Crippen LogP contribution < -0.4 is 10.1 Å². The number of carbonyl (C=O) groups excluding carboxylic acids is 1. The predicted octanol–water partition coefficient (Wildman–Crippen LogP) is 1.84. The third-order valence-electron chi connectivity index (χ3n) is 4.35. The maximum absolute atomic E-state index is 12.0. The van der Waals surface area contributed by atoms with Gasteiger partial charge in [-0.15, -0.1) is 0 Å². The summed E-state index contributed by atoms with van der Waals surface area (Å²) in [7, 11) is 0. The number of ether oxygens (including phenoxy) is 1. The number of rotatable bonds is 4. The van der Waals surface area contributed by atoms with E-state index >= 15 is 0 Å². The van der Waals surface area contributed by atoms with Crippen LogP contribution in [0, 0.1) is 5.92 Å². The molecule has 0 saturated carbocycles. The van der Waals surface area contributed by atoms with Crippen LogP contribution in [0.2, 0.25) is 0 Å². The van der Waals surface area contributed by atoms with Crippen molar-refractivity contribution in [3.63, 3.8) is 0 Å². The molecule has 2 atom stereocenters. The van der Waals surface area contributed by atoms with Gasteiger partial charge in [0, 0.05) is 13.0 Å². The first-order chi connectivity index (χ1) is 10.2. The van der Waals surface area contributed by atoms with Crippen LogP contribution in [0.1, 0.15) is 25.3 Å². The lowest BCUT2D eigenvalue weighted by Crippen LogP contribution is -2.44. The zero-order chi connectivity index (χ0) is 14.7. The number of carbonyl (C=O) groups is 1. The minimum atomic E-state index is 0.0756. The van der Waals surface area contributed by atoms with Crippen molar-refractivity contribution < 1.29 is 9.53 Å². The van der Waals surface area contributed by atoms with Crippen LogP contribution in [0.4, 0.5) is 0 Å². The summed E-state index contributed by atoms with van der Waals surface area (Å²) in [6.45, 7) is 5.45. The van der Waals surface area contributed by atoms with Gasteiger partial charge in [-0.2, -0.15) is 0 Å². The Bertz CT molecular complexity index is 478. The summed E-state index contributed by atoms with van der Waals surface area (Å²) in [5.41, 5.74) is 1.24. The zero-order valence-corrected chi connectivity index (χ0v) is 12.7. The van der Waals surface area contributed by atoms with E-state index in [-0.39, 0.29) is 12.0 Å². The molecule has 0 radical (unpaired) electrons. The molecule has 21 heavy (non-hydrogen) atoms. The minimum Gasteiger partial charge on any atom is -0.488 e. The molecular formula is C17H24N2O2. The standard InChI is InChI=1S/C17H24N2O2/c1-13-5-4-8-19(11-13)12-17(20)18-10-15-9-14-6-2-3-7-16(14)21-15/h2-3,6-7,13,15H,4-5,8-12H2,1H3,(H,18,20). The topological polar surface area (TPSA) is 41.6 Å². The maximum atomic E-state index is 12.0. The van der Waals surface area contributed by atoms with Crippen molar-refractivity contribution in [2.45, 2.75) is 32.3 Å². The summed E-state index contributed by atoms with van der Waals surface area (Å²) in [5.74, 6) is 1.78. The van der Waals surface area contributed by atoms with Crippen LogP contribution in [0.3, 0.4) is 0 Å². The molecular weight excluding hydrogens is 264 g/mol. The van der Waals surface area contributed by atoms with E-state index in [1.807, 2.05) is 18.2 Å². The van der Waals surface area contributed by atoms with Crippen LogP contribution in [0.15, 0.2) is 24.3 Å². The smallest absolute Gasteiger partial charge is 0.234 e. The van der Waals surface area contributed by atoms with Crippen molar-refractivity contribution >= 4 is 5.91 Å². The second kappa shape index (κ2) is 6.48. The first-order valence-corrected chi connectivity index (χ1v) is 7.94. The molecule has 2 aliphatic rings. The highest BCUT2D eigenvalue weighted by Crippen LogP contribution is 2.27. The van der Waals surface area contributed by atoms with E-state index < -0.39 is 0 Å². The van der Waals surface area contributed by atoms with Gasteiger partial charge in [0.05, 0.1) is 13.1 Å². The quantitative estimate of drug-likeness (QED) is 0.919. The van der Waals surface area contributed by atoms with Crippen molar-refractivity contribution in [1.82, 2.24) is 10.2 Å². The zero-order valence-electron chi connectivity index (χ0n) is 12.7. The van der Waals surface area contributed by atoms with E-state index in [0.717, 1.165) is 25.3 Å². The highest BCUT2D eigenvalue weighted by molar-refractivity contribution is 5.78. The number of para-hydroxylation sites is 1. The first-order valence-electron chi connectivity index (χ1n) is 7.94. The van der Waals surface area contributed by atoms with Crippen LogP contribution in [-0.4, -0.2) is 43.1 Å². The number of hydrogen-bond donors (Lipinski definition) is 1. The van der Waals surface area contributed by atoms with Gasteiger partial charge >= 0.3 is 0 Å². The number of benzene rings is 1. The fourth-order valence-corrected chi connectivity index (χ4v) is 3.28. The summed E-state index contributed by atoms with van der Waals surface area (Å²) in [5, 5.41) is 3.02. The summed E-state index contributed by atoms with van der Waals surface area (Å²) in [6.07, 6.45) is 3.45. The van der Waals surface area contributed by atoms with Crippen molar-refractivity contribution in [3.8, 4) is 5.75 Å². The Hall–Kier alpha value is -1.55. The van der Waals surface area contributed by atoms with Gasteiger partial charge in [-0.3, -0.25) is 9.69 Å². The molecule has 2 heterocycles. The van der Waals surface area contributed by atoms with Crippen molar-refractivity contribution in [3.05, 3.63) is 29.8 Å². The van der Waals surface area contributed by atoms with Crippen LogP contribution in [0.25, 0.3) is 0 Å². The Labute approximate surface area is 126 Å². The van der Waals surface area contributed by atoms with Crippen molar-refractivity contribution in [2.24, 2.45) is 5.92 Å². The van der Waals surface area contributed by atoms with Crippen LogP contribution in [-0.2, 0) is 11.2 Å². The molecule has 1 aromatic carbocycles. The lowest BCUT2D eigenvalue weighted by Gasteiger charge is -2.30. The SMILES string of the molecule is CC1CCCN(CC(=O)NCC2Cc3ccccc3O2)C1. The molecule has 1 amide bonds. The number of nitrogens with zero attached hydrogens (tertiary/aromatic N) is 1. The molecule has 2 unspecified atom stereocenters. The Morgan fingerprint density at radius 3 is 3.10 bits per heavy atom. The average Bonchev–Trinajstić information content (AvgIpc) is 2.88. The molecule has 1 fully saturated rings. The fourth-order valence-electron chi connectivity index (χ4n) is 3.28. The van der Waals surface area contributed by atoms with E-state index in [9.17, 15) is 4.79 Å². The number of fused-ring (bicyclic) bond motifs is 1. The first kappa shape index (κ1) is 14.4. The van der Waals surface area contributed by atoms with E-state index in [4.69, 9.17) is 4.74 Å². The Balaban J connectivity index is 1.41. The molecule has 2 aliphatic heterocycles. The van der Waals surface area contributed by atoms with Gasteiger partial charge in [-0.1, -0.05) is 25.1 Å². The highest BCUT2D eigenvalue weighted by atomic mass is 16.5. The monoisotopic (exact) mass is 288 g/mol. The molecule has 1 aromatic rings. The van der Waals surface area contributed by atoms with Gasteiger partial charge in [0.25, 0.3) is 0 Å². The van der Waals surface area contributed by atoms with E-state index in [2.05, 4.69) is 23.2 Å². The number of likely N-dealkylation sites (tertiary alicyclic amines) is 1.